The molecule has 1 aliphatic heterocycles. The molecule has 1 aromatic heterocycles. The number of rotatable bonds is 3. The Balaban J connectivity index is 1.68. The highest BCUT2D eigenvalue weighted by Gasteiger charge is 2.35. The quantitative estimate of drug-likeness (QED) is 0.813. The van der Waals surface area contributed by atoms with Crippen molar-refractivity contribution in [1.82, 2.24) is 14.9 Å². The lowest BCUT2D eigenvalue weighted by Gasteiger charge is -2.20. The minimum Gasteiger partial charge on any atom is -0.363 e. The molecule has 0 saturated heterocycles. The lowest BCUT2D eigenvalue weighted by atomic mass is 10.1. The minimum absolute atomic E-state index is 0.0871. The third-order valence-corrected chi connectivity index (χ3v) is 5.29. The summed E-state index contributed by atoms with van der Waals surface area (Å²) < 4.78 is 0. The molecule has 2 heterocycles. The molecule has 0 bridgehead atoms. The van der Waals surface area contributed by atoms with E-state index in [-0.39, 0.29) is 23.3 Å². The largest absolute Gasteiger partial charge is 0.363 e. The van der Waals surface area contributed by atoms with Crippen molar-refractivity contribution in [3.05, 3.63) is 50.9 Å². The summed E-state index contributed by atoms with van der Waals surface area (Å²) in [5.74, 6) is 0.565. The summed E-state index contributed by atoms with van der Waals surface area (Å²) in [7, 11) is 0. The van der Waals surface area contributed by atoms with Crippen molar-refractivity contribution < 1.29 is 4.79 Å². The molecule has 130 valence electrons. The predicted molar refractivity (Wildman–Crippen MR) is 98.2 cm³/mol. The molecular weight excluding hydrogens is 359 g/mol. The molecule has 1 aromatic carbocycles. The van der Waals surface area contributed by atoms with Gasteiger partial charge in [0.1, 0.15) is 11.5 Å². The van der Waals surface area contributed by atoms with Gasteiger partial charge in [-0.15, -0.1) is 0 Å². The molecular formula is C18H18Cl2N4O. The first-order chi connectivity index (χ1) is 11.9. The summed E-state index contributed by atoms with van der Waals surface area (Å²) in [5, 5.41) is 4.33. The van der Waals surface area contributed by atoms with Gasteiger partial charge in [-0.25, -0.2) is 9.97 Å². The highest BCUT2D eigenvalue weighted by atomic mass is 35.5. The van der Waals surface area contributed by atoms with Gasteiger partial charge in [0.05, 0.1) is 12.6 Å². The van der Waals surface area contributed by atoms with E-state index in [2.05, 4.69) is 21.4 Å². The Morgan fingerprint density at radius 3 is 2.84 bits per heavy atom. The molecule has 5 nitrogen and oxygen atoms in total. The van der Waals surface area contributed by atoms with Crippen LogP contribution in [0, 0.1) is 0 Å². The summed E-state index contributed by atoms with van der Waals surface area (Å²) in [4.78, 5) is 22.9. The maximum atomic E-state index is 12.6. The van der Waals surface area contributed by atoms with E-state index in [0.717, 1.165) is 23.4 Å². The molecule has 1 unspecified atom stereocenters. The Kier molecular flexibility index (Phi) is 4.08. The number of carbonyl (C=O) groups is 1. The Bertz CT molecular complexity index is 868. The molecule has 0 saturated carbocycles. The van der Waals surface area contributed by atoms with Gasteiger partial charge >= 0.3 is 0 Å². The van der Waals surface area contributed by atoms with Crippen LogP contribution in [0.25, 0.3) is 0 Å². The smallest absolute Gasteiger partial charge is 0.273 e. The predicted octanol–water partition coefficient (Wildman–Crippen LogP) is 4.25. The van der Waals surface area contributed by atoms with Gasteiger partial charge in [0.25, 0.3) is 5.91 Å². The van der Waals surface area contributed by atoms with Gasteiger partial charge in [0.2, 0.25) is 5.28 Å². The lowest BCUT2D eigenvalue weighted by Crippen LogP contribution is -2.31. The third-order valence-electron chi connectivity index (χ3n) is 4.89. The van der Waals surface area contributed by atoms with Crippen molar-refractivity contribution in [3.8, 4) is 0 Å². The molecule has 0 radical (unpaired) electrons. The van der Waals surface area contributed by atoms with E-state index in [9.17, 15) is 4.79 Å². The van der Waals surface area contributed by atoms with Crippen LogP contribution in [0.3, 0.4) is 0 Å². The number of aryl methyl sites for hydroxylation is 1. The van der Waals surface area contributed by atoms with Crippen LogP contribution in [0.5, 0.6) is 0 Å². The monoisotopic (exact) mass is 376 g/mol. The molecule has 1 N–H and O–H groups in total. The number of benzene rings is 1. The van der Waals surface area contributed by atoms with Crippen LogP contribution in [-0.2, 0) is 13.0 Å². The standard InChI is InChI=1S/C18H18Cl2N4O/c1-9(2)24-8-13-15(17(24)25)22-18(20)23-16(13)21-14-6-3-10-7-11(19)4-5-12(10)14/h4-5,7,9,14H,3,6,8H2,1-2H3,(H,21,22,23). The topological polar surface area (TPSA) is 58.1 Å². The first-order valence-corrected chi connectivity index (χ1v) is 9.12. The summed E-state index contributed by atoms with van der Waals surface area (Å²) in [6.07, 6.45) is 1.92. The summed E-state index contributed by atoms with van der Waals surface area (Å²) in [6.45, 7) is 4.48. The highest BCUT2D eigenvalue weighted by Crippen LogP contribution is 2.37. The number of halogens is 2. The van der Waals surface area contributed by atoms with Crippen LogP contribution in [0.15, 0.2) is 18.2 Å². The number of hydrogen-bond donors (Lipinski definition) is 1. The number of carbonyl (C=O) groups excluding carboxylic acids is 1. The number of aromatic nitrogens is 2. The van der Waals surface area contributed by atoms with Crippen molar-refractivity contribution >= 4 is 34.9 Å². The Morgan fingerprint density at radius 1 is 1.28 bits per heavy atom. The van der Waals surface area contributed by atoms with Crippen LogP contribution < -0.4 is 5.32 Å². The number of anilines is 1. The van der Waals surface area contributed by atoms with E-state index >= 15 is 0 Å². The number of nitrogens with one attached hydrogen (secondary N) is 1. The number of hydrogen-bond acceptors (Lipinski definition) is 4. The number of fused-ring (bicyclic) bond motifs is 2. The number of amides is 1. The Morgan fingerprint density at radius 2 is 2.08 bits per heavy atom. The van der Waals surface area contributed by atoms with Gasteiger partial charge in [0.15, 0.2) is 0 Å². The van der Waals surface area contributed by atoms with E-state index in [1.54, 1.807) is 4.90 Å². The van der Waals surface area contributed by atoms with Crippen molar-refractivity contribution in [1.29, 1.82) is 0 Å². The van der Waals surface area contributed by atoms with Crippen LogP contribution in [0.1, 0.15) is 53.5 Å². The molecule has 1 amide bonds. The fourth-order valence-corrected chi connectivity index (χ4v) is 3.96. The van der Waals surface area contributed by atoms with E-state index in [1.165, 1.54) is 11.1 Å². The van der Waals surface area contributed by atoms with Gasteiger partial charge in [-0.05, 0) is 61.5 Å². The Hall–Kier alpha value is -1.85. The molecule has 4 rings (SSSR count). The lowest BCUT2D eigenvalue weighted by molar-refractivity contribution is 0.0726. The van der Waals surface area contributed by atoms with Crippen LogP contribution in [0.2, 0.25) is 10.3 Å². The SMILES string of the molecule is CC(C)N1Cc2c(NC3CCc4cc(Cl)ccc43)nc(Cl)nc2C1=O. The third kappa shape index (κ3) is 2.85. The average molecular weight is 377 g/mol. The highest BCUT2D eigenvalue weighted by molar-refractivity contribution is 6.30. The van der Waals surface area contributed by atoms with E-state index in [1.807, 2.05) is 26.0 Å². The first kappa shape index (κ1) is 16.6. The molecule has 0 spiro atoms. The maximum absolute atomic E-state index is 12.6. The van der Waals surface area contributed by atoms with Gasteiger partial charge in [-0.3, -0.25) is 4.79 Å². The zero-order chi connectivity index (χ0) is 17.7. The second kappa shape index (κ2) is 6.15. The summed E-state index contributed by atoms with van der Waals surface area (Å²) >= 11 is 12.2. The minimum atomic E-state index is -0.0871. The normalized spacial score (nSPS) is 18.7. The van der Waals surface area contributed by atoms with Gasteiger partial charge in [0, 0.05) is 16.6 Å². The zero-order valence-corrected chi connectivity index (χ0v) is 15.5. The molecule has 1 atom stereocenters. The molecule has 7 heteroatoms. The summed E-state index contributed by atoms with van der Waals surface area (Å²) in [6, 6.07) is 6.20. The van der Waals surface area contributed by atoms with E-state index in [4.69, 9.17) is 23.2 Å². The molecule has 1 aliphatic carbocycles. The maximum Gasteiger partial charge on any atom is 0.273 e. The van der Waals surface area contributed by atoms with Crippen molar-refractivity contribution in [3.63, 3.8) is 0 Å². The fraction of sp³-hybridized carbons (Fsp3) is 0.389. The molecule has 2 aliphatic rings. The van der Waals surface area contributed by atoms with Crippen LogP contribution >= 0.6 is 23.2 Å². The average Bonchev–Trinajstić information content (AvgIpc) is 3.09. The zero-order valence-electron chi connectivity index (χ0n) is 14.0. The van der Waals surface area contributed by atoms with Crippen molar-refractivity contribution in [2.45, 2.75) is 45.3 Å². The van der Waals surface area contributed by atoms with Gasteiger partial charge < -0.3 is 10.2 Å². The van der Waals surface area contributed by atoms with E-state index < -0.39 is 0 Å². The van der Waals surface area contributed by atoms with Crippen LogP contribution in [0.4, 0.5) is 5.82 Å². The summed E-state index contributed by atoms with van der Waals surface area (Å²) in [5.41, 5.74) is 3.70. The molecule has 2 aromatic rings. The molecule has 0 fully saturated rings. The van der Waals surface area contributed by atoms with Crippen molar-refractivity contribution in [2.75, 3.05) is 5.32 Å². The van der Waals surface area contributed by atoms with E-state index in [0.29, 0.717) is 18.1 Å². The van der Waals surface area contributed by atoms with Gasteiger partial charge in [-0.1, -0.05) is 17.7 Å². The fourth-order valence-electron chi connectivity index (χ4n) is 3.60. The number of nitrogens with zero attached hydrogens (tertiary/aromatic N) is 3. The van der Waals surface area contributed by atoms with Crippen molar-refractivity contribution in [2.24, 2.45) is 0 Å². The van der Waals surface area contributed by atoms with Gasteiger partial charge in [-0.2, -0.15) is 0 Å². The van der Waals surface area contributed by atoms with Crippen LogP contribution in [-0.4, -0.2) is 26.8 Å². The first-order valence-electron chi connectivity index (χ1n) is 8.36. The second-order valence-electron chi connectivity index (χ2n) is 6.77. The second-order valence-corrected chi connectivity index (χ2v) is 7.55. The molecule has 25 heavy (non-hydrogen) atoms. The Labute approximate surface area is 156 Å².